The highest BCUT2D eigenvalue weighted by atomic mass is 32.2. The van der Waals surface area contributed by atoms with Crippen LogP contribution in [0.2, 0.25) is 0 Å². The molecule has 0 radical (unpaired) electrons. The van der Waals surface area contributed by atoms with Crippen LogP contribution in [0.15, 0.2) is 59.5 Å². The van der Waals surface area contributed by atoms with Gasteiger partial charge in [0.05, 0.1) is 24.1 Å². The van der Waals surface area contributed by atoms with Crippen LogP contribution in [0.3, 0.4) is 0 Å². The summed E-state index contributed by atoms with van der Waals surface area (Å²) in [6.07, 6.45) is 0. The average Bonchev–Trinajstić information content (AvgIpc) is 2.62. The van der Waals surface area contributed by atoms with E-state index in [2.05, 4.69) is 10.0 Å². The molecule has 0 saturated carbocycles. The summed E-state index contributed by atoms with van der Waals surface area (Å²) < 4.78 is 32.1. The molecule has 2 N–H and O–H groups in total. The lowest BCUT2D eigenvalue weighted by molar-refractivity contribution is -0.123. The van der Waals surface area contributed by atoms with Gasteiger partial charge in [-0.1, -0.05) is 30.3 Å². The lowest BCUT2D eigenvalue weighted by atomic mass is 10.1. The second-order valence-corrected chi connectivity index (χ2v) is 7.37. The number of benzene rings is 2. The number of amides is 1. The lowest BCUT2D eigenvalue weighted by Gasteiger charge is -2.19. The molecule has 2 aromatic rings. The number of sulfonamides is 1. The SMILES string of the molecule is COc1ccc(S(=O)(=O)N[C@@H](C)C(=O)N[C@@H](C)c2ccccc2)cc1. The highest BCUT2D eigenvalue weighted by Gasteiger charge is 2.23. The van der Waals surface area contributed by atoms with Crippen LogP contribution < -0.4 is 14.8 Å². The Labute approximate surface area is 148 Å². The highest BCUT2D eigenvalue weighted by Crippen LogP contribution is 2.16. The number of carbonyl (C=O) groups excluding carboxylic acids is 1. The fraction of sp³-hybridized carbons (Fsp3) is 0.278. The van der Waals surface area contributed by atoms with E-state index in [9.17, 15) is 13.2 Å². The summed E-state index contributed by atoms with van der Waals surface area (Å²) in [6, 6.07) is 14.3. The predicted octanol–water partition coefficient (Wildman–Crippen LogP) is 2.24. The molecule has 6 nitrogen and oxygen atoms in total. The Morgan fingerprint density at radius 2 is 1.60 bits per heavy atom. The van der Waals surface area contributed by atoms with Gasteiger partial charge in [0.25, 0.3) is 0 Å². The topological polar surface area (TPSA) is 84.5 Å². The van der Waals surface area contributed by atoms with Crippen molar-refractivity contribution in [2.45, 2.75) is 30.8 Å². The first-order valence-corrected chi connectivity index (χ1v) is 9.33. The third-order valence-corrected chi connectivity index (χ3v) is 5.31. The van der Waals surface area contributed by atoms with Gasteiger partial charge in [-0.3, -0.25) is 4.79 Å². The maximum Gasteiger partial charge on any atom is 0.241 e. The molecule has 0 spiro atoms. The van der Waals surface area contributed by atoms with Crippen LogP contribution in [0, 0.1) is 0 Å². The molecule has 1 amide bonds. The van der Waals surface area contributed by atoms with Gasteiger partial charge in [-0.05, 0) is 43.7 Å². The zero-order valence-electron chi connectivity index (χ0n) is 14.4. The van der Waals surface area contributed by atoms with Crippen molar-refractivity contribution in [2.24, 2.45) is 0 Å². The van der Waals surface area contributed by atoms with E-state index in [0.29, 0.717) is 5.75 Å². The van der Waals surface area contributed by atoms with Gasteiger partial charge in [0.15, 0.2) is 0 Å². The predicted molar refractivity (Wildman–Crippen MR) is 95.8 cm³/mol. The summed E-state index contributed by atoms with van der Waals surface area (Å²) in [5.74, 6) is 0.162. The second kappa shape index (κ2) is 8.13. The lowest BCUT2D eigenvalue weighted by Crippen LogP contribution is -2.45. The van der Waals surface area contributed by atoms with E-state index in [4.69, 9.17) is 4.74 Å². The van der Waals surface area contributed by atoms with Gasteiger partial charge in [-0.2, -0.15) is 4.72 Å². The van der Waals surface area contributed by atoms with Crippen LogP contribution in [0.5, 0.6) is 5.75 Å². The molecule has 0 aromatic heterocycles. The molecule has 0 saturated heterocycles. The Kier molecular flexibility index (Phi) is 6.17. The molecule has 2 aromatic carbocycles. The second-order valence-electron chi connectivity index (χ2n) is 5.66. The first kappa shape index (κ1) is 19.0. The molecular weight excluding hydrogens is 340 g/mol. The molecule has 2 rings (SSSR count). The van der Waals surface area contributed by atoms with Crippen LogP contribution >= 0.6 is 0 Å². The van der Waals surface area contributed by atoms with E-state index in [0.717, 1.165) is 5.56 Å². The number of methoxy groups -OCH3 is 1. The van der Waals surface area contributed by atoms with Crippen molar-refractivity contribution in [1.29, 1.82) is 0 Å². The normalized spacial score (nSPS) is 13.7. The zero-order valence-corrected chi connectivity index (χ0v) is 15.2. The molecule has 0 aliphatic rings. The standard InChI is InChI=1S/C18H22N2O4S/c1-13(15-7-5-4-6-8-15)19-18(21)14(2)20-25(22,23)17-11-9-16(24-3)10-12-17/h4-14,20H,1-3H3,(H,19,21)/t13-,14-/m0/s1. The summed E-state index contributed by atoms with van der Waals surface area (Å²) in [7, 11) is -2.29. The number of ether oxygens (including phenoxy) is 1. The van der Waals surface area contributed by atoms with Crippen LogP contribution in [-0.4, -0.2) is 27.5 Å². The van der Waals surface area contributed by atoms with Crippen molar-refractivity contribution < 1.29 is 17.9 Å². The molecule has 0 fully saturated rings. The number of hydrogen-bond acceptors (Lipinski definition) is 4. The van der Waals surface area contributed by atoms with Gasteiger partial charge >= 0.3 is 0 Å². The van der Waals surface area contributed by atoms with Crippen molar-refractivity contribution in [3.05, 3.63) is 60.2 Å². The van der Waals surface area contributed by atoms with E-state index < -0.39 is 22.0 Å². The molecule has 0 unspecified atom stereocenters. The highest BCUT2D eigenvalue weighted by molar-refractivity contribution is 7.89. The maximum absolute atomic E-state index is 12.4. The van der Waals surface area contributed by atoms with Crippen molar-refractivity contribution in [3.8, 4) is 5.75 Å². The fourth-order valence-electron chi connectivity index (χ4n) is 2.27. The molecular formula is C18H22N2O4S. The molecule has 0 heterocycles. The van der Waals surface area contributed by atoms with Crippen LogP contribution in [0.25, 0.3) is 0 Å². The van der Waals surface area contributed by atoms with Gasteiger partial charge in [0, 0.05) is 0 Å². The summed E-state index contributed by atoms with van der Waals surface area (Å²) in [5, 5.41) is 2.80. The molecule has 0 bridgehead atoms. The Bertz CT molecular complexity index is 805. The van der Waals surface area contributed by atoms with Gasteiger partial charge in [0.1, 0.15) is 5.75 Å². The third-order valence-electron chi connectivity index (χ3n) is 3.75. The minimum absolute atomic E-state index is 0.0732. The molecule has 0 aliphatic heterocycles. The van der Waals surface area contributed by atoms with Crippen molar-refractivity contribution in [2.75, 3.05) is 7.11 Å². The first-order chi connectivity index (χ1) is 11.8. The Morgan fingerprint density at radius 3 is 2.16 bits per heavy atom. The van der Waals surface area contributed by atoms with Crippen LogP contribution in [0.4, 0.5) is 0 Å². The quantitative estimate of drug-likeness (QED) is 0.791. The van der Waals surface area contributed by atoms with Gasteiger partial charge in [-0.25, -0.2) is 8.42 Å². The monoisotopic (exact) mass is 362 g/mol. The first-order valence-electron chi connectivity index (χ1n) is 7.85. The summed E-state index contributed by atoms with van der Waals surface area (Å²) >= 11 is 0. The van der Waals surface area contributed by atoms with E-state index in [1.165, 1.54) is 26.2 Å². The summed E-state index contributed by atoms with van der Waals surface area (Å²) in [6.45, 7) is 3.35. The summed E-state index contributed by atoms with van der Waals surface area (Å²) in [4.78, 5) is 12.4. The molecule has 134 valence electrons. The van der Waals surface area contributed by atoms with Crippen molar-refractivity contribution >= 4 is 15.9 Å². The molecule has 25 heavy (non-hydrogen) atoms. The number of nitrogens with one attached hydrogen (secondary N) is 2. The Morgan fingerprint density at radius 1 is 1.00 bits per heavy atom. The van der Waals surface area contributed by atoms with E-state index in [-0.39, 0.29) is 10.9 Å². The van der Waals surface area contributed by atoms with Gasteiger partial charge < -0.3 is 10.1 Å². The fourth-order valence-corrected chi connectivity index (χ4v) is 3.48. The smallest absolute Gasteiger partial charge is 0.241 e. The van der Waals surface area contributed by atoms with Crippen LogP contribution in [0.1, 0.15) is 25.5 Å². The van der Waals surface area contributed by atoms with Crippen molar-refractivity contribution in [1.82, 2.24) is 10.0 Å². The number of carbonyl (C=O) groups is 1. The maximum atomic E-state index is 12.4. The molecule has 0 aliphatic carbocycles. The third kappa shape index (κ3) is 5.04. The molecule has 7 heteroatoms. The minimum Gasteiger partial charge on any atom is -0.497 e. The number of rotatable bonds is 7. The van der Waals surface area contributed by atoms with E-state index in [1.807, 2.05) is 37.3 Å². The zero-order chi connectivity index (χ0) is 18.4. The van der Waals surface area contributed by atoms with Crippen LogP contribution in [-0.2, 0) is 14.8 Å². The Balaban J connectivity index is 2.01. The van der Waals surface area contributed by atoms with Crippen molar-refractivity contribution in [3.63, 3.8) is 0 Å². The minimum atomic E-state index is -3.80. The average molecular weight is 362 g/mol. The van der Waals surface area contributed by atoms with E-state index in [1.54, 1.807) is 12.1 Å². The number of hydrogen-bond donors (Lipinski definition) is 2. The molecule has 2 atom stereocenters. The largest absolute Gasteiger partial charge is 0.497 e. The summed E-state index contributed by atoms with van der Waals surface area (Å²) in [5.41, 5.74) is 0.945. The van der Waals surface area contributed by atoms with E-state index >= 15 is 0 Å². The Hall–Kier alpha value is -2.38. The van der Waals surface area contributed by atoms with Gasteiger partial charge in [0.2, 0.25) is 15.9 Å². The van der Waals surface area contributed by atoms with Gasteiger partial charge in [-0.15, -0.1) is 0 Å².